The molecular formula is C15H21ClF3N3O2. The molecular weight excluding hydrogens is 347 g/mol. The summed E-state index contributed by atoms with van der Waals surface area (Å²) in [6, 6.07) is 2.76. The van der Waals surface area contributed by atoms with Crippen molar-refractivity contribution < 1.29 is 22.8 Å². The van der Waals surface area contributed by atoms with Crippen molar-refractivity contribution in [2.24, 2.45) is 11.7 Å². The number of rotatable bonds is 5. The molecule has 1 aromatic rings. The maximum atomic E-state index is 12.8. The molecule has 1 atom stereocenters. The van der Waals surface area contributed by atoms with Gasteiger partial charge in [-0.3, -0.25) is 9.59 Å². The van der Waals surface area contributed by atoms with E-state index in [0.717, 1.165) is 6.07 Å². The number of alkyl halides is 3. The van der Waals surface area contributed by atoms with Crippen molar-refractivity contribution in [1.29, 1.82) is 0 Å². The monoisotopic (exact) mass is 367 g/mol. The van der Waals surface area contributed by atoms with E-state index in [1.807, 2.05) is 0 Å². The van der Waals surface area contributed by atoms with Crippen LogP contribution in [0.1, 0.15) is 25.0 Å². The molecule has 0 saturated carbocycles. The van der Waals surface area contributed by atoms with Crippen LogP contribution in [0, 0.1) is 12.8 Å². The predicted molar refractivity (Wildman–Crippen MR) is 87.9 cm³/mol. The highest BCUT2D eigenvalue weighted by Crippen LogP contribution is 2.34. The van der Waals surface area contributed by atoms with Crippen LogP contribution in [-0.4, -0.2) is 24.4 Å². The average Bonchev–Trinajstić information content (AvgIpc) is 2.44. The molecule has 0 aliphatic carbocycles. The van der Waals surface area contributed by atoms with E-state index in [-0.39, 0.29) is 36.1 Å². The van der Waals surface area contributed by atoms with Gasteiger partial charge < -0.3 is 16.4 Å². The minimum absolute atomic E-state index is 0. The first-order valence-corrected chi connectivity index (χ1v) is 7.04. The maximum Gasteiger partial charge on any atom is 0.416 e. The Kier molecular flexibility index (Phi) is 8.22. The van der Waals surface area contributed by atoms with Gasteiger partial charge in [-0.1, -0.05) is 19.9 Å². The Labute approximate surface area is 144 Å². The highest BCUT2D eigenvalue weighted by molar-refractivity contribution is 5.95. The van der Waals surface area contributed by atoms with Crippen molar-refractivity contribution in [1.82, 2.24) is 5.32 Å². The molecule has 136 valence electrons. The molecule has 24 heavy (non-hydrogen) atoms. The third kappa shape index (κ3) is 6.01. The molecule has 2 amide bonds. The summed E-state index contributed by atoms with van der Waals surface area (Å²) in [4.78, 5) is 23.4. The summed E-state index contributed by atoms with van der Waals surface area (Å²) in [7, 11) is 0. The Bertz CT molecular complexity index is 592. The van der Waals surface area contributed by atoms with E-state index in [4.69, 9.17) is 5.73 Å². The number of nitrogens with one attached hydrogen (secondary N) is 2. The minimum Gasteiger partial charge on any atom is -0.346 e. The highest BCUT2D eigenvalue weighted by atomic mass is 35.5. The Balaban J connectivity index is 0.00000529. The van der Waals surface area contributed by atoms with Gasteiger partial charge in [0.2, 0.25) is 11.8 Å². The molecule has 0 saturated heterocycles. The summed E-state index contributed by atoms with van der Waals surface area (Å²) in [6.07, 6.45) is -4.50. The average molecular weight is 368 g/mol. The molecule has 0 aliphatic heterocycles. The van der Waals surface area contributed by atoms with Crippen molar-refractivity contribution in [3.05, 3.63) is 29.3 Å². The second-order valence-electron chi connectivity index (χ2n) is 5.51. The van der Waals surface area contributed by atoms with Gasteiger partial charge in [-0.2, -0.15) is 13.2 Å². The van der Waals surface area contributed by atoms with Gasteiger partial charge >= 0.3 is 6.18 Å². The van der Waals surface area contributed by atoms with Gasteiger partial charge in [-0.15, -0.1) is 12.4 Å². The normalized spacial score (nSPS) is 12.3. The highest BCUT2D eigenvalue weighted by Gasteiger charge is 2.33. The number of carbonyl (C=O) groups excluding carboxylic acids is 2. The van der Waals surface area contributed by atoms with Gasteiger partial charge in [0.25, 0.3) is 0 Å². The third-order valence-corrected chi connectivity index (χ3v) is 3.36. The van der Waals surface area contributed by atoms with E-state index >= 15 is 0 Å². The Morgan fingerprint density at radius 3 is 2.33 bits per heavy atom. The molecule has 0 heterocycles. The van der Waals surface area contributed by atoms with Crippen molar-refractivity contribution in [3.8, 4) is 0 Å². The summed E-state index contributed by atoms with van der Waals surface area (Å²) in [5, 5.41) is 4.70. The van der Waals surface area contributed by atoms with E-state index < -0.39 is 29.6 Å². The molecule has 1 aromatic carbocycles. The number of benzene rings is 1. The smallest absolute Gasteiger partial charge is 0.346 e. The van der Waals surface area contributed by atoms with Gasteiger partial charge in [-0.05, 0) is 30.5 Å². The molecule has 0 radical (unpaired) electrons. The first-order chi connectivity index (χ1) is 10.5. The van der Waals surface area contributed by atoms with Crippen LogP contribution in [0.3, 0.4) is 0 Å². The van der Waals surface area contributed by atoms with E-state index in [2.05, 4.69) is 10.6 Å². The van der Waals surface area contributed by atoms with Crippen LogP contribution in [0.5, 0.6) is 0 Å². The second kappa shape index (κ2) is 8.89. The molecule has 0 fully saturated rings. The maximum absolute atomic E-state index is 12.8. The lowest BCUT2D eigenvalue weighted by Gasteiger charge is -2.16. The molecule has 0 unspecified atom stereocenters. The topological polar surface area (TPSA) is 84.2 Å². The Hall–Kier alpha value is -1.80. The zero-order valence-electron chi connectivity index (χ0n) is 13.5. The summed E-state index contributed by atoms with van der Waals surface area (Å²) in [5.41, 5.74) is 4.77. The lowest BCUT2D eigenvalue weighted by atomic mass is 10.1. The minimum atomic E-state index is -4.50. The molecule has 9 heteroatoms. The van der Waals surface area contributed by atoms with Gasteiger partial charge in [-0.25, -0.2) is 0 Å². The van der Waals surface area contributed by atoms with Crippen LogP contribution in [0.25, 0.3) is 0 Å². The zero-order chi connectivity index (χ0) is 17.8. The number of carbonyl (C=O) groups is 2. The third-order valence-electron chi connectivity index (χ3n) is 3.36. The van der Waals surface area contributed by atoms with Crippen LogP contribution in [0.4, 0.5) is 18.9 Å². The molecule has 0 aromatic heterocycles. The van der Waals surface area contributed by atoms with Crippen LogP contribution < -0.4 is 16.4 Å². The van der Waals surface area contributed by atoms with E-state index in [0.29, 0.717) is 0 Å². The largest absolute Gasteiger partial charge is 0.416 e. The fourth-order valence-corrected chi connectivity index (χ4v) is 1.86. The lowest BCUT2D eigenvalue weighted by molar-refractivity contribution is -0.138. The fraction of sp³-hybridized carbons (Fsp3) is 0.467. The number of halogens is 4. The fourth-order valence-electron chi connectivity index (χ4n) is 1.86. The molecule has 0 aliphatic rings. The summed E-state index contributed by atoms with van der Waals surface area (Å²) in [5.74, 6) is -1.21. The second-order valence-corrected chi connectivity index (χ2v) is 5.51. The zero-order valence-corrected chi connectivity index (χ0v) is 14.3. The summed E-state index contributed by atoms with van der Waals surface area (Å²) in [6.45, 7) is 4.42. The van der Waals surface area contributed by atoms with E-state index in [9.17, 15) is 22.8 Å². The molecule has 0 spiro atoms. The Morgan fingerprint density at radius 2 is 1.83 bits per heavy atom. The summed E-state index contributed by atoms with van der Waals surface area (Å²) >= 11 is 0. The van der Waals surface area contributed by atoms with Gasteiger partial charge in [0.05, 0.1) is 18.2 Å². The van der Waals surface area contributed by atoms with Crippen molar-refractivity contribution >= 4 is 29.9 Å². The van der Waals surface area contributed by atoms with Crippen molar-refractivity contribution in [3.63, 3.8) is 0 Å². The van der Waals surface area contributed by atoms with Gasteiger partial charge in [0.1, 0.15) is 0 Å². The summed E-state index contributed by atoms with van der Waals surface area (Å²) < 4.78 is 38.4. The number of amides is 2. The molecule has 1 rings (SSSR count). The van der Waals surface area contributed by atoms with Gasteiger partial charge in [0, 0.05) is 5.69 Å². The number of nitrogens with two attached hydrogens (primary N) is 1. The van der Waals surface area contributed by atoms with E-state index in [1.54, 1.807) is 13.8 Å². The molecule has 0 bridgehead atoms. The van der Waals surface area contributed by atoms with Crippen LogP contribution in [0.2, 0.25) is 0 Å². The number of hydrogen-bond donors (Lipinski definition) is 3. The van der Waals surface area contributed by atoms with Crippen LogP contribution in [0.15, 0.2) is 18.2 Å². The number of hydrogen-bond acceptors (Lipinski definition) is 3. The first kappa shape index (κ1) is 22.2. The number of anilines is 1. The van der Waals surface area contributed by atoms with Crippen LogP contribution >= 0.6 is 12.4 Å². The lowest BCUT2D eigenvalue weighted by Crippen LogP contribution is -2.46. The van der Waals surface area contributed by atoms with Crippen molar-refractivity contribution in [2.75, 3.05) is 11.9 Å². The molecule has 5 nitrogen and oxygen atoms in total. The first-order valence-electron chi connectivity index (χ1n) is 7.04. The Morgan fingerprint density at radius 1 is 1.25 bits per heavy atom. The van der Waals surface area contributed by atoms with E-state index in [1.165, 1.54) is 19.1 Å². The quantitative estimate of drug-likeness (QED) is 0.747. The van der Waals surface area contributed by atoms with Crippen molar-refractivity contribution in [2.45, 2.75) is 33.0 Å². The van der Waals surface area contributed by atoms with Gasteiger partial charge in [0.15, 0.2) is 0 Å². The predicted octanol–water partition coefficient (Wildman–Crippen LogP) is 2.47. The standard InChI is InChI=1S/C15H20F3N3O2.ClH/c1-8(2)13(19)14(23)20-7-12(22)21-11-6-4-5-10(9(11)3)15(16,17)18;/h4-6,8,13H,7,19H2,1-3H3,(H,20,23)(H,21,22);1H/t13-;/m0./s1. The van der Waals surface area contributed by atoms with Crippen LogP contribution in [-0.2, 0) is 15.8 Å². The molecule has 4 N–H and O–H groups in total. The SMILES string of the molecule is Cc1c(NC(=O)CNC(=O)[C@@H](N)C(C)C)cccc1C(F)(F)F.Cl.